The number of benzene rings is 1. The molecule has 2 heterocycles. The number of fused-ring (bicyclic) bond motifs is 1. The number of carbonyl (C=O) groups excluding carboxylic acids is 1. The standard InChI is InChI=1S/C16H20N2O/c1-3-11(2)18-15(8-9-16(18)19)13-10-17-14-7-5-4-6-12(13)14/h4-7,10-11,15,17H,3,8-9H2,1-2H3. The van der Waals surface area contributed by atoms with E-state index < -0.39 is 0 Å². The van der Waals surface area contributed by atoms with Crippen LogP contribution in [0.1, 0.15) is 44.7 Å². The molecule has 1 aromatic carbocycles. The summed E-state index contributed by atoms with van der Waals surface area (Å²) in [6, 6.07) is 8.87. The second-order valence-corrected chi connectivity index (χ2v) is 5.40. The predicted octanol–water partition coefficient (Wildman–Crippen LogP) is 3.63. The minimum Gasteiger partial charge on any atom is -0.361 e. The van der Waals surface area contributed by atoms with Crippen LogP contribution >= 0.6 is 0 Å². The molecule has 0 spiro atoms. The minimum absolute atomic E-state index is 0.235. The molecule has 3 heteroatoms. The van der Waals surface area contributed by atoms with Crippen molar-refractivity contribution in [1.29, 1.82) is 0 Å². The number of H-pyrrole nitrogens is 1. The van der Waals surface area contributed by atoms with Crippen molar-refractivity contribution in [3.05, 3.63) is 36.0 Å². The van der Waals surface area contributed by atoms with E-state index in [2.05, 4.69) is 48.1 Å². The van der Waals surface area contributed by atoms with E-state index in [4.69, 9.17) is 0 Å². The molecule has 1 N–H and O–H groups in total. The van der Waals surface area contributed by atoms with E-state index in [0.717, 1.165) is 18.4 Å². The normalized spacial score (nSPS) is 21.3. The van der Waals surface area contributed by atoms with Crippen LogP contribution < -0.4 is 0 Å². The molecule has 3 rings (SSSR count). The Kier molecular flexibility index (Phi) is 3.05. The number of aromatic nitrogens is 1. The fraction of sp³-hybridized carbons (Fsp3) is 0.438. The van der Waals surface area contributed by atoms with Crippen LogP contribution in [0.4, 0.5) is 0 Å². The van der Waals surface area contributed by atoms with Gasteiger partial charge >= 0.3 is 0 Å². The third-order valence-corrected chi connectivity index (χ3v) is 4.30. The van der Waals surface area contributed by atoms with Crippen LogP contribution in [0.15, 0.2) is 30.5 Å². The topological polar surface area (TPSA) is 36.1 Å². The van der Waals surface area contributed by atoms with Crippen molar-refractivity contribution in [2.45, 2.75) is 45.2 Å². The van der Waals surface area contributed by atoms with Gasteiger partial charge in [-0.3, -0.25) is 4.79 Å². The first-order valence-electron chi connectivity index (χ1n) is 7.09. The SMILES string of the molecule is CCC(C)N1C(=O)CCC1c1c[nH]c2ccccc12. The number of rotatable bonds is 3. The number of amides is 1. The lowest BCUT2D eigenvalue weighted by atomic mass is 10.0. The molecule has 2 unspecified atom stereocenters. The number of nitrogens with one attached hydrogen (secondary N) is 1. The summed E-state index contributed by atoms with van der Waals surface area (Å²) in [5.41, 5.74) is 2.42. The number of aromatic amines is 1. The molecule has 2 atom stereocenters. The van der Waals surface area contributed by atoms with E-state index >= 15 is 0 Å². The number of nitrogens with zero attached hydrogens (tertiary/aromatic N) is 1. The summed E-state index contributed by atoms with van der Waals surface area (Å²) in [6.45, 7) is 4.29. The molecule has 0 radical (unpaired) electrons. The van der Waals surface area contributed by atoms with E-state index in [1.165, 1.54) is 10.9 Å². The molecule has 3 nitrogen and oxygen atoms in total. The van der Waals surface area contributed by atoms with Gasteiger partial charge in [0.1, 0.15) is 0 Å². The van der Waals surface area contributed by atoms with Gasteiger partial charge in [0.2, 0.25) is 5.91 Å². The number of likely N-dealkylation sites (tertiary alicyclic amines) is 1. The van der Waals surface area contributed by atoms with Crippen molar-refractivity contribution in [2.75, 3.05) is 0 Å². The van der Waals surface area contributed by atoms with E-state index in [9.17, 15) is 4.79 Å². The third-order valence-electron chi connectivity index (χ3n) is 4.30. The molecule has 1 saturated heterocycles. The molecule has 1 amide bonds. The van der Waals surface area contributed by atoms with E-state index in [1.807, 2.05) is 6.07 Å². The molecule has 19 heavy (non-hydrogen) atoms. The first kappa shape index (κ1) is 12.3. The van der Waals surface area contributed by atoms with Crippen molar-refractivity contribution >= 4 is 16.8 Å². The van der Waals surface area contributed by atoms with Crippen molar-refractivity contribution < 1.29 is 4.79 Å². The van der Waals surface area contributed by atoms with Crippen LogP contribution in [0, 0.1) is 0 Å². The summed E-state index contributed by atoms with van der Waals surface area (Å²) in [6.07, 6.45) is 4.69. The van der Waals surface area contributed by atoms with Crippen molar-refractivity contribution in [2.24, 2.45) is 0 Å². The van der Waals surface area contributed by atoms with Gasteiger partial charge in [-0.25, -0.2) is 0 Å². The van der Waals surface area contributed by atoms with Crippen LogP contribution in [0.25, 0.3) is 10.9 Å². The van der Waals surface area contributed by atoms with Crippen LogP contribution in [0.5, 0.6) is 0 Å². The molecule has 1 aromatic heterocycles. The lowest BCUT2D eigenvalue weighted by molar-refractivity contribution is -0.131. The van der Waals surface area contributed by atoms with Crippen LogP contribution in [0.3, 0.4) is 0 Å². The average molecular weight is 256 g/mol. The van der Waals surface area contributed by atoms with E-state index in [0.29, 0.717) is 18.4 Å². The predicted molar refractivity (Wildman–Crippen MR) is 76.9 cm³/mol. The molecule has 1 aliphatic heterocycles. The second-order valence-electron chi connectivity index (χ2n) is 5.40. The monoisotopic (exact) mass is 256 g/mol. The third kappa shape index (κ3) is 1.93. The molecular formula is C16H20N2O. The Hall–Kier alpha value is -1.77. The second kappa shape index (κ2) is 4.72. The zero-order valence-corrected chi connectivity index (χ0v) is 11.5. The van der Waals surface area contributed by atoms with Gasteiger partial charge in [-0.15, -0.1) is 0 Å². The number of para-hydroxylation sites is 1. The summed E-state index contributed by atoms with van der Waals surface area (Å²) in [5.74, 6) is 0.296. The Morgan fingerprint density at radius 1 is 1.42 bits per heavy atom. The van der Waals surface area contributed by atoms with Crippen LogP contribution in [-0.2, 0) is 4.79 Å². The van der Waals surface area contributed by atoms with Gasteiger partial charge in [-0.2, -0.15) is 0 Å². The summed E-state index contributed by atoms with van der Waals surface area (Å²) in [7, 11) is 0. The Morgan fingerprint density at radius 2 is 2.21 bits per heavy atom. The highest BCUT2D eigenvalue weighted by molar-refractivity contribution is 5.86. The van der Waals surface area contributed by atoms with Crippen molar-refractivity contribution in [1.82, 2.24) is 9.88 Å². The van der Waals surface area contributed by atoms with Gasteiger partial charge in [-0.05, 0) is 31.4 Å². The maximum atomic E-state index is 12.1. The molecule has 0 aliphatic carbocycles. The maximum absolute atomic E-state index is 12.1. The largest absolute Gasteiger partial charge is 0.361 e. The zero-order valence-electron chi connectivity index (χ0n) is 11.5. The Morgan fingerprint density at radius 3 is 3.00 bits per heavy atom. The average Bonchev–Trinajstić information content (AvgIpc) is 3.01. The highest BCUT2D eigenvalue weighted by Gasteiger charge is 2.35. The molecule has 1 fully saturated rings. The first-order valence-corrected chi connectivity index (χ1v) is 7.09. The zero-order chi connectivity index (χ0) is 13.4. The van der Waals surface area contributed by atoms with Gasteiger partial charge in [-0.1, -0.05) is 25.1 Å². The lowest BCUT2D eigenvalue weighted by Crippen LogP contribution is -2.35. The highest BCUT2D eigenvalue weighted by atomic mass is 16.2. The summed E-state index contributed by atoms with van der Waals surface area (Å²) >= 11 is 0. The summed E-state index contributed by atoms with van der Waals surface area (Å²) < 4.78 is 0. The summed E-state index contributed by atoms with van der Waals surface area (Å²) in [5, 5.41) is 1.25. The Bertz CT molecular complexity index is 602. The van der Waals surface area contributed by atoms with Gasteiger partial charge in [0.05, 0.1) is 6.04 Å². The van der Waals surface area contributed by atoms with Gasteiger partial charge in [0, 0.05) is 29.6 Å². The van der Waals surface area contributed by atoms with Crippen LogP contribution in [0.2, 0.25) is 0 Å². The fourth-order valence-corrected chi connectivity index (χ4v) is 3.13. The van der Waals surface area contributed by atoms with E-state index in [-0.39, 0.29) is 6.04 Å². The molecule has 100 valence electrons. The minimum atomic E-state index is 0.235. The van der Waals surface area contributed by atoms with Gasteiger partial charge in [0.25, 0.3) is 0 Å². The van der Waals surface area contributed by atoms with Crippen LogP contribution in [-0.4, -0.2) is 21.8 Å². The Balaban J connectivity index is 2.03. The van der Waals surface area contributed by atoms with Crippen molar-refractivity contribution in [3.8, 4) is 0 Å². The lowest BCUT2D eigenvalue weighted by Gasteiger charge is -2.30. The quantitative estimate of drug-likeness (QED) is 0.894. The Labute approximate surface area is 113 Å². The van der Waals surface area contributed by atoms with E-state index in [1.54, 1.807) is 0 Å². The molecule has 0 bridgehead atoms. The molecular weight excluding hydrogens is 236 g/mol. The van der Waals surface area contributed by atoms with Gasteiger partial charge < -0.3 is 9.88 Å². The number of carbonyl (C=O) groups is 1. The fourth-order valence-electron chi connectivity index (χ4n) is 3.13. The smallest absolute Gasteiger partial charge is 0.223 e. The maximum Gasteiger partial charge on any atom is 0.223 e. The molecule has 2 aromatic rings. The first-order chi connectivity index (χ1) is 9.22. The highest BCUT2D eigenvalue weighted by Crippen LogP contribution is 2.38. The summed E-state index contributed by atoms with van der Waals surface area (Å²) in [4.78, 5) is 17.5. The number of hydrogen-bond acceptors (Lipinski definition) is 1. The molecule has 0 saturated carbocycles. The molecule has 1 aliphatic rings. The van der Waals surface area contributed by atoms with Crippen molar-refractivity contribution in [3.63, 3.8) is 0 Å². The van der Waals surface area contributed by atoms with Gasteiger partial charge in [0.15, 0.2) is 0 Å². The number of hydrogen-bond donors (Lipinski definition) is 1.